The van der Waals surface area contributed by atoms with E-state index >= 15 is 0 Å². The molecule has 19 heavy (non-hydrogen) atoms. The minimum Gasteiger partial charge on any atom is -0.321 e. The number of carbonyl (C=O) groups excluding carboxylic acids is 1. The zero-order chi connectivity index (χ0) is 14.0. The third-order valence-corrected chi connectivity index (χ3v) is 4.11. The number of hydrogen-bond donors (Lipinski definition) is 1. The molecule has 1 fully saturated rings. The molecule has 0 aliphatic heterocycles. The van der Waals surface area contributed by atoms with Crippen molar-refractivity contribution in [3.05, 3.63) is 16.1 Å². The van der Waals surface area contributed by atoms with Gasteiger partial charge in [-0.2, -0.15) is 0 Å². The molecule has 0 atom stereocenters. The van der Waals surface area contributed by atoms with Gasteiger partial charge in [0, 0.05) is 5.92 Å². The van der Waals surface area contributed by atoms with Crippen molar-refractivity contribution in [3.63, 3.8) is 0 Å². The topological polar surface area (TPSA) is 54.9 Å². The van der Waals surface area contributed by atoms with Gasteiger partial charge in [-0.3, -0.25) is 4.79 Å². The summed E-state index contributed by atoms with van der Waals surface area (Å²) >= 11 is 12.0. The molecule has 1 aromatic rings. The summed E-state index contributed by atoms with van der Waals surface area (Å²) in [6.45, 7) is 3.92. The second kappa shape index (κ2) is 6.06. The zero-order valence-electron chi connectivity index (χ0n) is 11.0. The summed E-state index contributed by atoms with van der Waals surface area (Å²) in [6, 6.07) is 0. The molecule has 1 aliphatic carbocycles. The van der Waals surface area contributed by atoms with E-state index in [1.807, 2.05) is 0 Å². The monoisotopic (exact) mass is 301 g/mol. The van der Waals surface area contributed by atoms with Crippen LogP contribution in [0.4, 0.5) is 5.69 Å². The van der Waals surface area contributed by atoms with Gasteiger partial charge in [0.25, 0.3) is 0 Å². The van der Waals surface area contributed by atoms with Crippen LogP contribution >= 0.6 is 23.2 Å². The molecular formula is C13H17Cl2N3O. The number of amides is 1. The zero-order valence-corrected chi connectivity index (χ0v) is 12.6. The van der Waals surface area contributed by atoms with Gasteiger partial charge in [-0.1, -0.05) is 30.1 Å². The van der Waals surface area contributed by atoms with Crippen LogP contribution in [0.25, 0.3) is 0 Å². The SMILES string of the molecule is Cc1nc(Cl)c(NC(=O)[C@H]2CC[C@H](C)CC2)c(Cl)n1. The molecule has 1 heterocycles. The van der Waals surface area contributed by atoms with Gasteiger partial charge in [-0.05, 0) is 38.5 Å². The van der Waals surface area contributed by atoms with E-state index in [9.17, 15) is 4.79 Å². The molecule has 0 bridgehead atoms. The number of aryl methyl sites for hydroxylation is 1. The van der Waals surface area contributed by atoms with Crippen LogP contribution in [-0.4, -0.2) is 15.9 Å². The first-order valence-corrected chi connectivity index (χ1v) is 7.23. The van der Waals surface area contributed by atoms with Gasteiger partial charge in [0.15, 0.2) is 10.3 Å². The van der Waals surface area contributed by atoms with E-state index in [2.05, 4.69) is 22.2 Å². The molecule has 6 heteroatoms. The van der Waals surface area contributed by atoms with Gasteiger partial charge in [0.2, 0.25) is 5.91 Å². The van der Waals surface area contributed by atoms with E-state index in [-0.39, 0.29) is 22.1 Å². The summed E-state index contributed by atoms with van der Waals surface area (Å²) in [5.74, 6) is 1.19. The van der Waals surface area contributed by atoms with Gasteiger partial charge in [0.1, 0.15) is 11.5 Å². The van der Waals surface area contributed by atoms with Crippen LogP contribution in [0.2, 0.25) is 10.3 Å². The molecular weight excluding hydrogens is 285 g/mol. The maximum absolute atomic E-state index is 12.2. The average Bonchev–Trinajstić information content (AvgIpc) is 2.34. The quantitative estimate of drug-likeness (QED) is 0.844. The number of rotatable bonds is 2. The fourth-order valence-electron chi connectivity index (χ4n) is 2.36. The second-order valence-corrected chi connectivity index (χ2v) is 5.89. The lowest BCUT2D eigenvalue weighted by Gasteiger charge is -2.25. The first kappa shape index (κ1) is 14.5. The van der Waals surface area contributed by atoms with Crippen molar-refractivity contribution in [1.29, 1.82) is 0 Å². The first-order valence-electron chi connectivity index (χ1n) is 6.48. The van der Waals surface area contributed by atoms with Crippen LogP contribution in [-0.2, 0) is 4.79 Å². The maximum Gasteiger partial charge on any atom is 0.227 e. The number of nitrogens with zero attached hydrogens (tertiary/aromatic N) is 2. The summed E-state index contributed by atoms with van der Waals surface area (Å²) < 4.78 is 0. The smallest absolute Gasteiger partial charge is 0.227 e. The highest BCUT2D eigenvalue weighted by Gasteiger charge is 2.25. The van der Waals surface area contributed by atoms with Crippen molar-refractivity contribution in [3.8, 4) is 0 Å². The Balaban J connectivity index is 2.07. The molecule has 0 spiro atoms. The molecule has 1 aromatic heterocycles. The van der Waals surface area contributed by atoms with Gasteiger partial charge in [-0.15, -0.1) is 0 Å². The molecule has 0 aromatic carbocycles. The van der Waals surface area contributed by atoms with E-state index < -0.39 is 0 Å². The Morgan fingerprint density at radius 1 is 1.16 bits per heavy atom. The lowest BCUT2D eigenvalue weighted by Crippen LogP contribution is -2.27. The summed E-state index contributed by atoms with van der Waals surface area (Å²) in [7, 11) is 0. The Labute approximate surface area is 122 Å². The van der Waals surface area contributed by atoms with E-state index in [0.717, 1.165) is 25.7 Å². The number of anilines is 1. The summed E-state index contributed by atoms with van der Waals surface area (Å²) in [4.78, 5) is 20.2. The van der Waals surface area contributed by atoms with Crippen LogP contribution < -0.4 is 5.32 Å². The minimum absolute atomic E-state index is 0.0321. The number of carbonyl (C=O) groups is 1. The number of halogens is 2. The highest BCUT2D eigenvalue weighted by atomic mass is 35.5. The fourth-order valence-corrected chi connectivity index (χ4v) is 2.92. The first-order chi connectivity index (χ1) is 8.97. The fraction of sp³-hybridized carbons (Fsp3) is 0.615. The van der Waals surface area contributed by atoms with Crippen molar-refractivity contribution in [1.82, 2.24) is 9.97 Å². The Morgan fingerprint density at radius 2 is 1.68 bits per heavy atom. The minimum atomic E-state index is -0.0387. The predicted molar refractivity (Wildman–Crippen MR) is 76.5 cm³/mol. The molecule has 1 amide bonds. The lowest BCUT2D eigenvalue weighted by molar-refractivity contribution is -0.121. The van der Waals surface area contributed by atoms with Gasteiger partial charge < -0.3 is 5.32 Å². The molecule has 1 N–H and O–H groups in total. The van der Waals surface area contributed by atoms with Gasteiger partial charge >= 0.3 is 0 Å². The van der Waals surface area contributed by atoms with Crippen LogP contribution in [0.5, 0.6) is 0 Å². The van der Waals surface area contributed by atoms with Gasteiger partial charge in [0.05, 0.1) is 0 Å². The molecule has 0 radical (unpaired) electrons. The maximum atomic E-state index is 12.2. The Kier molecular flexibility index (Phi) is 4.63. The van der Waals surface area contributed by atoms with Crippen molar-refractivity contribution >= 4 is 34.8 Å². The third-order valence-electron chi connectivity index (χ3n) is 3.57. The van der Waals surface area contributed by atoms with E-state index in [1.165, 1.54) is 0 Å². The highest BCUT2D eigenvalue weighted by Crippen LogP contribution is 2.31. The number of aromatic nitrogens is 2. The van der Waals surface area contributed by atoms with E-state index in [4.69, 9.17) is 23.2 Å². The molecule has 0 unspecified atom stereocenters. The summed E-state index contributed by atoms with van der Waals surface area (Å²) in [5, 5.41) is 3.14. The molecule has 0 saturated heterocycles. The molecule has 1 aliphatic rings. The van der Waals surface area contributed by atoms with E-state index in [0.29, 0.717) is 17.4 Å². The molecule has 1 saturated carbocycles. The molecule has 4 nitrogen and oxygen atoms in total. The largest absolute Gasteiger partial charge is 0.321 e. The van der Waals surface area contributed by atoms with Crippen LogP contribution in [0.3, 0.4) is 0 Å². The van der Waals surface area contributed by atoms with Crippen LogP contribution in [0.15, 0.2) is 0 Å². The number of hydrogen-bond acceptors (Lipinski definition) is 3. The summed E-state index contributed by atoms with van der Waals surface area (Å²) in [5.41, 5.74) is 0.317. The van der Waals surface area contributed by atoms with Crippen molar-refractivity contribution in [2.75, 3.05) is 5.32 Å². The highest BCUT2D eigenvalue weighted by molar-refractivity contribution is 6.38. The molecule has 2 rings (SSSR count). The van der Waals surface area contributed by atoms with Gasteiger partial charge in [-0.25, -0.2) is 9.97 Å². The van der Waals surface area contributed by atoms with Crippen molar-refractivity contribution in [2.24, 2.45) is 11.8 Å². The summed E-state index contributed by atoms with van der Waals surface area (Å²) in [6.07, 6.45) is 4.00. The lowest BCUT2D eigenvalue weighted by atomic mass is 9.82. The second-order valence-electron chi connectivity index (χ2n) is 5.17. The molecule has 104 valence electrons. The number of nitrogens with one attached hydrogen (secondary N) is 1. The van der Waals surface area contributed by atoms with Crippen LogP contribution in [0, 0.1) is 18.8 Å². The van der Waals surface area contributed by atoms with Crippen molar-refractivity contribution in [2.45, 2.75) is 39.5 Å². The predicted octanol–water partition coefficient (Wildman–Crippen LogP) is 3.86. The van der Waals surface area contributed by atoms with E-state index in [1.54, 1.807) is 6.92 Å². The average molecular weight is 302 g/mol. The Hall–Kier alpha value is -0.870. The normalized spacial score (nSPS) is 23.2. The van der Waals surface area contributed by atoms with Crippen molar-refractivity contribution < 1.29 is 4.79 Å². The third kappa shape index (κ3) is 3.57. The Bertz CT molecular complexity index is 462. The standard InChI is InChI=1S/C13H17Cl2N3O/c1-7-3-5-9(6-4-7)13(19)18-10-11(14)16-8(2)17-12(10)15/h7,9H,3-6H2,1-2H3,(H,18,19)/t7-,9-. The van der Waals surface area contributed by atoms with Crippen LogP contribution in [0.1, 0.15) is 38.4 Å². The Morgan fingerprint density at radius 3 is 2.21 bits per heavy atom.